The summed E-state index contributed by atoms with van der Waals surface area (Å²) in [6.45, 7) is 5.32. The van der Waals surface area contributed by atoms with Crippen molar-refractivity contribution in [2.24, 2.45) is 0 Å². The fourth-order valence-corrected chi connectivity index (χ4v) is 0.421. The molecule has 0 aliphatic rings. The molecule has 0 atom stereocenters. The minimum absolute atomic E-state index is 1.000. The van der Waals surface area contributed by atoms with Gasteiger partial charge in [0.1, 0.15) is 0 Å². The number of likely N-dealkylation sites (N-methyl/N-ethyl adjacent to an activating group) is 1. The summed E-state index contributed by atoms with van der Waals surface area (Å²) < 4.78 is 0. The summed E-state index contributed by atoms with van der Waals surface area (Å²) in [7, 11) is 1.96. The Labute approximate surface area is 51.8 Å². The van der Waals surface area contributed by atoms with Gasteiger partial charge in [-0.25, -0.2) is 0 Å². The predicted octanol–water partition coefficient (Wildman–Crippen LogP) is 1.56. The molecule has 0 aliphatic carbocycles. The van der Waals surface area contributed by atoms with E-state index in [0.717, 1.165) is 6.54 Å². The van der Waals surface area contributed by atoms with Crippen LogP contribution in [0.3, 0.4) is 0 Å². The number of allylic oxidation sites excluding steroid dienone is 1. The van der Waals surface area contributed by atoms with Crippen molar-refractivity contribution in [1.82, 2.24) is 5.32 Å². The third-order valence-corrected chi connectivity index (χ3v) is 1.21. The van der Waals surface area contributed by atoms with Crippen molar-refractivity contribution in [3.63, 3.8) is 0 Å². The lowest BCUT2D eigenvalue weighted by molar-refractivity contribution is 0.904. The molecule has 0 unspecified atom stereocenters. The number of nitrogens with one attached hydrogen (secondary N) is 1. The lowest BCUT2D eigenvalue weighted by Gasteiger charge is -1.92. The molecular formula is C7H15N. The lowest BCUT2D eigenvalue weighted by atomic mass is 10.2. The van der Waals surface area contributed by atoms with Crippen molar-refractivity contribution < 1.29 is 0 Å². The zero-order chi connectivity index (χ0) is 6.41. The van der Waals surface area contributed by atoms with E-state index in [9.17, 15) is 0 Å². The van der Waals surface area contributed by atoms with Gasteiger partial charge >= 0.3 is 0 Å². The van der Waals surface area contributed by atoms with Crippen LogP contribution < -0.4 is 5.32 Å². The fourth-order valence-electron chi connectivity index (χ4n) is 0.421. The van der Waals surface area contributed by atoms with Crippen LogP contribution >= 0.6 is 0 Å². The summed E-state index contributed by atoms with van der Waals surface area (Å²) in [5, 5.41) is 3.06. The summed E-state index contributed by atoms with van der Waals surface area (Å²) in [5.74, 6) is 0. The van der Waals surface area contributed by atoms with E-state index in [4.69, 9.17) is 0 Å². The molecule has 0 rings (SSSR count). The highest BCUT2D eigenvalue weighted by molar-refractivity contribution is 4.97. The first-order valence-electron chi connectivity index (χ1n) is 3.11. The molecule has 0 aromatic carbocycles. The van der Waals surface area contributed by atoms with Crippen LogP contribution in [0.1, 0.15) is 20.3 Å². The highest BCUT2D eigenvalue weighted by Crippen LogP contribution is 1.94. The van der Waals surface area contributed by atoms with Gasteiger partial charge in [-0.15, -0.1) is 0 Å². The Morgan fingerprint density at radius 2 is 2.25 bits per heavy atom. The summed E-state index contributed by atoms with van der Waals surface area (Å²) in [5.41, 5.74) is 1.46. The second kappa shape index (κ2) is 4.85. The van der Waals surface area contributed by atoms with Crippen LogP contribution in [0.5, 0.6) is 0 Å². The van der Waals surface area contributed by atoms with E-state index >= 15 is 0 Å². The molecule has 0 fully saturated rings. The largest absolute Gasteiger partial charge is 0.316 e. The molecule has 0 saturated heterocycles. The molecule has 0 amide bonds. The Bertz CT molecular complexity index is 74.5. The average molecular weight is 113 g/mol. The second-order valence-electron chi connectivity index (χ2n) is 1.96. The SMILES string of the molecule is CC/C(C)=C\CNC. The summed E-state index contributed by atoms with van der Waals surface area (Å²) in [6, 6.07) is 0. The van der Waals surface area contributed by atoms with E-state index in [-0.39, 0.29) is 0 Å². The second-order valence-corrected chi connectivity index (χ2v) is 1.96. The zero-order valence-corrected chi connectivity index (χ0v) is 5.99. The Kier molecular flexibility index (Phi) is 4.67. The van der Waals surface area contributed by atoms with Gasteiger partial charge in [0, 0.05) is 6.54 Å². The summed E-state index contributed by atoms with van der Waals surface area (Å²) in [4.78, 5) is 0. The standard InChI is InChI=1S/C7H15N/c1-4-7(2)5-6-8-3/h5,8H,4,6H2,1-3H3/b7-5-. The van der Waals surface area contributed by atoms with Gasteiger partial charge in [-0.1, -0.05) is 18.6 Å². The molecule has 0 bridgehead atoms. The van der Waals surface area contributed by atoms with Crippen molar-refractivity contribution in [2.75, 3.05) is 13.6 Å². The van der Waals surface area contributed by atoms with Crippen LogP contribution in [0.25, 0.3) is 0 Å². The Morgan fingerprint density at radius 3 is 2.62 bits per heavy atom. The van der Waals surface area contributed by atoms with E-state index in [0.29, 0.717) is 0 Å². The molecule has 0 heterocycles. The smallest absolute Gasteiger partial charge is 0.0134 e. The third-order valence-electron chi connectivity index (χ3n) is 1.21. The molecule has 48 valence electrons. The van der Waals surface area contributed by atoms with Crippen LogP contribution in [0.4, 0.5) is 0 Å². The van der Waals surface area contributed by atoms with Crippen LogP contribution in [0.2, 0.25) is 0 Å². The van der Waals surface area contributed by atoms with Crippen molar-refractivity contribution in [1.29, 1.82) is 0 Å². The van der Waals surface area contributed by atoms with Gasteiger partial charge in [-0.3, -0.25) is 0 Å². The van der Waals surface area contributed by atoms with Crippen molar-refractivity contribution in [2.45, 2.75) is 20.3 Å². The topological polar surface area (TPSA) is 12.0 Å². The molecule has 0 aromatic rings. The van der Waals surface area contributed by atoms with E-state index in [2.05, 4.69) is 25.2 Å². The van der Waals surface area contributed by atoms with Gasteiger partial charge in [0.25, 0.3) is 0 Å². The molecule has 0 aliphatic heterocycles. The van der Waals surface area contributed by atoms with Crippen molar-refractivity contribution in [3.8, 4) is 0 Å². The number of rotatable bonds is 3. The molecule has 0 spiro atoms. The van der Waals surface area contributed by atoms with Crippen LogP contribution in [0.15, 0.2) is 11.6 Å². The molecule has 0 aromatic heterocycles. The maximum atomic E-state index is 3.06. The first-order chi connectivity index (χ1) is 3.81. The van der Waals surface area contributed by atoms with E-state index < -0.39 is 0 Å². The van der Waals surface area contributed by atoms with Crippen LogP contribution in [-0.2, 0) is 0 Å². The van der Waals surface area contributed by atoms with E-state index in [1.165, 1.54) is 12.0 Å². The highest BCUT2D eigenvalue weighted by atomic mass is 14.8. The monoisotopic (exact) mass is 113 g/mol. The highest BCUT2D eigenvalue weighted by Gasteiger charge is 1.78. The summed E-state index contributed by atoms with van der Waals surface area (Å²) in [6.07, 6.45) is 3.38. The van der Waals surface area contributed by atoms with Crippen LogP contribution in [0, 0.1) is 0 Å². The van der Waals surface area contributed by atoms with Gasteiger partial charge in [0.05, 0.1) is 0 Å². The van der Waals surface area contributed by atoms with Gasteiger partial charge in [-0.2, -0.15) is 0 Å². The van der Waals surface area contributed by atoms with E-state index in [1.54, 1.807) is 0 Å². The maximum absolute atomic E-state index is 3.06. The van der Waals surface area contributed by atoms with Gasteiger partial charge in [-0.05, 0) is 20.4 Å². The minimum Gasteiger partial charge on any atom is -0.316 e. The lowest BCUT2D eigenvalue weighted by Crippen LogP contribution is -2.04. The minimum atomic E-state index is 1.000. The zero-order valence-electron chi connectivity index (χ0n) is 5.99. The quantitative estimate of drug-likeness (QED) is 0.548. The van der Waals surface area contributed by atoms with Crippen molar-refractivity contribution in [3.05, 3.63) is 11.6 Å². The predicted molar refractivity (Wildman–Crippen MR) is 38.0 cm³/mol. The number of hydrogen-bond donors (Lipinski definition) is 1. The Hall–Kier alpha value is -0.300. The first kappa shape index (κ1) is 7.70. The maximum Gasteiger partial charge on any atom is 0.0134 e. The van der Waals surface area contributed by atoms with Crippen LogP contribution in [-0.4, -0.2) is 13.6 Å². The third kappa shape index (κ3) is 3.88. The normalized spacial score (nSPS) is 12.1. The fraction of sp³-hybridized carbons (Fsp3) is 0.714. The average Bonchev–Trinajstić information content (AvgIpc) is 1.83. The Balaban J connectivity index is 3.26. The van der Waals surface area contributed by atoms with Crippen molar-refractivity contribution >= 4 is 0 Å². The van der Waals surface area contributed by atoms with Gasteiger partial charge < -0.3 is 5.32 Å². The van der Waals surface area contributed by atoms with Gasteiger partial charge in [0.2, 0.25) is 0 Å². The molecule has 0 radical (unpaired) electrons. The number of hydrogen-bond acceptors (Lipinski definition) is 1. The van der Waals surface area contributed by atoms with E-state index in [1.807, 2.05) is 7.05 Å². The molecule has 0 saturated carbocycles. The van der Waals surface area contributed by atoms with Gasteiger partial charge in [0.15, 0.2) is 0 Å². The molecule has 1 heteroatoms. The molecule has 8 heavy (non-hydrogen) atoms. The molecule has 1 N–H and O–H groups in total. The summed E-state index contributed by atoms with van der Waals surface area (Å²) >= 11 is 0. The Morgan fingerprint density at radius 1 is 1.62 bits per heavy atom. The molecule has 1 nitrogen and oxygen atoms in total. The first-order valence-corrected chi connectivity index (χ1v) is 3.11. The molecular weight excluding hydrogens is 98.1 g/mol.